The summed E-state index contributed by atoms with van der Waals surface area (Å²) < 4.78 is 5.50. The zero-order valence-corrected chi connectivity index (χ0v) is 14.9. The third kappa shape index (κ3) is 2.78. The van der Waals surface area contributed by atoms with E-state index in [0.717, 1.165) is 45.7 Å². The monoisotopic (exact) mass is 344 g/mol. The molecule has 3 fully saturated rings. The van der Waals surface area contributed by atoms with Crippen molar-refractivity contribution in [2.75, 3.05) is 39.5 Å². The van der Waals surface area contributed by atoms with E-state index in [1.54, 1.807) is 6.92 Å². The van der Waals surface area contributed by atoms with Gasteiger partial charge in [0.05, 0.1) is 12.1 Å². The molecule has 0 aliphatic carbocycles. The zero-order chi connectivity index (χ0) is 17.4. The maximum atomic E-state index is 11.8. The van der Waals surface area contributed by atoms with Crippen LogP contribution in [0.3, 0.4) is 0 Å². The van der Waals surface area contributed by atoms with E-state index in [1.165, 1.54) is 5.56 Å². The van der Waals surface area contributed by atoms with Crippen LogP contribution in [0.1, 0.15) is 31.2 Å². The Bertz CT molecular complexity index is 609. The number of likely N-dealkylation sites (tertiary alicyclic amines) is 2. The van der Waals surface area contributed by atoms with Crippen LogP contribution in [0.15, 0.2) is 30.3 Å². The molecule has 5 heteroatoms. The number of benzene rings is 1. The van der Waals surface area contributed by atoms with Gasteiger partial charge in [-0.3, -0.25) is 9.69 Å². The predicted octanol–water partition coefficient (Wildman–Crippen LogP) is 1.47. The van der Waals surface area contributed by atoms with E-state index < -0.39 is 0 Å². The summed E-state index contributed by atoms with van der Waals surface area (Å²) in [5.74, 6) is 1.08. The number of nitrogens with zero attached hydrogens (tertiary/aromatic N) is 2. The van der Waals surface area contributed by atoms with E-state index in [4.69, 9.17) is 4.74 Å². The molecule has 3 aliphatic heterocycles. The molecule has 3 saturated heterocycles. The summed E-state index contributed by atoms with van der Waals surface area (Å²) >= 11 is 0. The van der Waals surface area contributed by atoms with E-state index in [9.17, 15) is 9.90 Å². The Kier molecular flexibility index (Phi) is 4.56. The van der Waals surface area contributed by atoms with E-state index in [0.29, 0.717) is 11.8 Å². The summed E-state index contributed by atoms with van der Waals surface area (Å²) in [5.41, 5.74) is 1.28. The van der Waals surface area contributed by atoms with E-state index in [2.05, 4.69) is 29.2 Å². The van der Waals surface area contributed by atoms with Crippen molar-refractivity contribution in [3.05, 3.63) is 35.9 Å². The average molecular weight is 344 g/mol. The minimum atomic E-state index is -0.00127. The highest BCUT2D eigenvalue weighted by Crippen LogP contribution is 2.54. The first-order chi connectivity index (χ1) is 12.2. The second-order valence-corrected chi connectivity index (χ2v) is 7.83. The van der Waals surface area contributed by atoms with E-state index in [-0.39, 0.29) is 24.1 Å². The van der Waals surface area contributed by atoms with Crippen LogP contribution in [-0.2, 0) is 9.53 Å². The van der Waals surface area contributed by atoms with Crippen molar-refractivity contribution < 1.29 is 14.6 Å². The lowest BCUT2D eigenvalue weighted by molar-refractivity contribution is -0.200. The number of amides is 1. The van der Waals surface area contributed by atoms with Crippen molar-refractivity contribution in [2.24, 2.45) is 5.92 Å². The number of ether oxygens (including phenoxy) is 1. The molecule has 0 aromatic heterocycles. The van der Waals surface area contributed by atoms with Gasteiger partial charge >= 0.3 is 0 Å². The smallest absolute Gasteiger partial charge is 0.219 e. The van der Waals surface area contributed by atoms with Crippen molar-refractivity contribution in [3.8, 4) is 0 Å². The van der Waals surface area contributed by atoms with Gasteiger partial charge in [-0.1, -0.05) is 30.3 Å². The third-order valence-electron chi connectivity index (χ3n) is 6.45. The molecule has 1 spiro atoms. The van der Waals surface area contributed by atoms with Gasteiger partial charge in [0.2, 0.25) is 5.91 Å². The Morgan fingerprint density at radius 1 is 1.24 bits per heavy atom. The maximum Gasteiger partial charge on any atom is 0.219 e. The van der Waals surface area contributed by atoms with E-state index >= 15 is 0 Å². The number of hydrogen-bond acceptors (Lipinski definition) is 4. The van der Waals surface area contributed by atoms with Crippen LogP contribution in [0, 0.1) is 5.92 Å². The molecule has 1 N–H and O–H groups in total. The molecule has 0 saturated carbocycles. The van der Waals surface area contributed by atoms with Gasteiger partial charge < -0.3 is 14.7 Å². The van der Waals surface area contributed by atoms with Crippen LogP contribution >= 0.6 is 0 Å². The molecule has 1 amide bonds. The first-order valence-corrected chi connectivity index (χ1v) is 9.41. The molecule has 0 radical (unpaired) electrons. The summed E-state index contributed by atoms with van der Waals surface area (Å²) in [7, 11) is 0. The van der Waals surface area contributed by atoms with Crippen molar-refractivity contribution in [2.45, 2.75) is 37.3 Å². The largest absolute Gasteiger partial charge is 0.395 e. The molecule has 3 heterocycles. The maximum absolute atomic E-state index is 11.8. The summed E-state index contributed by atoms with van der Waals surface area (Å²) in [6.07, 6.45) is 2.19. The van der Waals surface area contributed by atoms with Crippen LogP contribution in [0.2, 0.25) is 0 Å². The Balaban J connectivity index is 1.57. The van der Waals surface area contributed by atoms with Crippen LogP contribution in [-0.4, -0.2) is 71.8 Å². The standard InChI is InChI=1S/C20H28N2O3/c1-15(24)21-13-20(14-21)19(17-5-3-2-4-6-17)18(12-23)22(20)11-16-7-9-25-10-8-16/h2-6,16,18-19,23H,7-14H2,1H3/t18-,19+/m1/s1. The Labute approximate surface area is 149 Å². The average Bonchev–Trinajstić information content (AvgIpc) is 2.59. The van der Waals surface area contributed by atoms with Crippen LogP contribution < -0.4 is 0 Å². The van der Waals surface area contributed by atoms with Crippen molar-refractivity contribution in [3.63, 3.8) is 0 Å². The number of carbonyl (C=O) groups is 1. The summed E-state index contributed by atoms with van der Waals surface area (Å²) in [6, 6.07) is 10.7. The predicted molar refractivity (Wildman–Crippen MR) is 95.3 cm³/mol. The number of aliphatic hydroxyl groups is 1. The van der Waals surface area contributed by atoms with Crippen molar-refractivity contribution in [1.29, 1.82) is 0 Å². The minimum absolute atomic E-state index is 0.00127. The quantitative estimate of drug-likeness (QED) is 0.899. The second kappa shape index (κ2) is 6.71. The molecule has 0 unspecified atom stereocenters. The fourth-order valence-corrected chi connectivity index (χ4v) is 5.10. The van der Waals surface area contributed by atoms with Gasteiger partial charge in [-0.15, -0.1) is 0 Å². The topological polar surface area (TPSA) is 53.0 Å². The molecule has 25 heavy (non-hydrogen) atoms. The molecule has 1 aromatic rings. The van der Waals surface area contributed by atoms with Crippen LogP contribution in [0.5, 0.6) is 0 Å². The van der Waals surface area contributed by atoms with Crippen LogP contribution in [0.4, 0.5) is 0 Å². The lowest BCUT2D eigenvalue weighted by Crippen LogP contribution is -2.85. The fourth-order valence-electron chi connectivity index (χ4n) is 5.10. The Hall–Kier alpha value is -1.43. The molecule has 2 atom stereocenters. The Morgan fingerprint density at radius 3 is 2.52 bits per heavy atom. The fraction of sp³-hybridized carbons (Fsp3) is 0.650. The van der Waals surface area contributed by atoms with Gasteiger partial charge in [0.1, 0.15) is 0 Å². The Morgan fingerprint density at radius 2 is 1.92 bits per heavy atom. The highest BCUT2D eigenvalue weighted by Gasteiger charge is 2.66. The number of hydrogen-bond donors (Lipinski definition) is 1. The molecule has 136 valence electrons. The molecule has 1 aromatic carbocycles. The molecule has 0 bridgehead atoms. The summed E-state index contributed by atoms with van der Waals surface area (Å²) in [4.78, 5) is 16.2. The van der Waals surface area contributed by atoms with Gasteiger partial charge in [0, 0.05) is 51.7 Å². The highest BCUT2D eigenvalue weighted by molar-refractivity contribution is 5.75. The number of carbonyl (C=O) groups excluding carboxylic acids is 1. The number of rotatable bonds is 4. The molecule has 3 aliphatic rings. The summed E-state index contributed by atoms with van der Waals surface area (Å²) in [6.45, 7) is 6.07. The van der Waals surface area contributed by atoms with E-state index in [1.807, 2.05) is 11.0 Å². The minimum Gasteiger partial charge on any atom is -0.395 e. The first-order valence-electron chi connectivity index (χ1n) is 9.41. The van der Waals surface area contributed by atoms with Gasteiger partial charge in [0.15, 0.2) is 0 Å². The normalized spacial score (nSPS) is 29.3. The van der Waals surface area contributed by atoms with Gasteiger partial charge in [-0.25, -0.2) is 0 Å². The van der Waals surface area contributed by atoms with Gasteiger partial charge in [0.25, 0.3) is 0 Å². The molecule has 4 rings (SSSR count). The van der Waals surface area contributed by atoms with Crippen molar-refractivity contribution >= 4 is 5.91 Å². The van der Waals surface area contributed by atoms with Crippen molar-refractivity contribution in [1.82, 2.24) is 9.80 Å². The lowest BCUT2D eigenvalue weighted by atomic mass is 9.60. The summed E-state index contributed by atoms with van der Waals surface area (Å²) in [5, 5.41) is 10.1. The van der Waals surface area contributed by atoms with Gasteiger partial charge in [-0.05, 0) is 24.3 Å². The SMILES string of the molecule is CC(=O)N1CC2(C1)[C@@H](c1ccccc1)[C@@H](CO)N2CC1CCOCC1. The molecule has 5 nitrogen and oxygen atoms in total. The second-order valence-electron chi connectivity index (χ2n) is 7.83. The molecular weight excluding hydrogens is 316 g/mol. The number of aliphatic hydroxyl groups excluding tert-OH is 1. The lowest BCUT2D eigenvalue weighted by Gasteiger charge is -2.71. The van der Waals surface area contributed by atoms with Gasteiger partial charge in [-0.2, -0.15) is 0 Å². The molecular formula is C20H28N2O3. The van der Waals surface area contributed by atoms with Crippen LogP contribution in [0.25, 0.3) is 0 Å². The third-order valence-corrected chi connectivity index (χ3v) is 6.45. The first kappa shape index (κ1) is 17.0. The zero-order valence-electron chi connectivity index (χ0n) is 14.9. The highest BCUT2D eigenvalue weighted by atomic mass is 16.5.